The molecule has 0 bridgehead atoms. The van der Waals surface area contributed by atoms with Gasteiger partial charge in [0.15, 0.2) is 0 Å². The molecular formula is C13H11BrF3NO2S. The molecule has 114 valence electrons. The maximum Gasteiger partial charge on any atom is 0.446 e. The molecule has 1 aromatic rings. The lowest BCUT2D eigenvalue weighted by atomic mass is 10.0. The Morgan fingerprint density at radius 2 is 2.14 bits per heavy atom. The van der Waals surface area contributed by atoms with Gasteiger partial charge in [-0.25, -0.2) is 0 Å². The molecule has 0 atom stereocenters. The Morgan fingerprint density at radius 1 is 1.48 bits per heavy atom. The van der Waals surface area contributed by atoms with E-state index in [1.165, 1.54) is 12.1 Å². The average molecular weight is 382 g/mol. The van der Waals surface area contributed by atoms with Crippen LogP contribution in [0.1, 0.15) is 23.6 Å². The van der Waals surface area contributed by atoms with E-state index in [1.807, 2.05) is 0 Å². The highest BCUT2D eigenvalue weighted by molar-refractivity contribution is 9.08. The van der Waals surface area contributed by atoms with E-state index in [-0.39, 0.29) is 40.8 Å². The molecule has 0 radical (unpaired) electrons. The molecular weight excluding hydrogens is 371 g/mol. The molecule has 0 aromatic heterocycles. The second-order valence-electron chi connectivity index (χ2n) is 3.90. The Labute approximate surface area is 132 Å². The van der Waals surface area contributed by atoms with Crippen molar-refractivity contribution in [2.75, 3.05) is 6.61 Å². The molecule has 0 N–H and O–H groups in total. The largest absolute Gasteiger partial charge is 0.466 e. The first-order valence-corrected chi connectivity index (χ1v) is 7.77. The monoisotopic (exact) mass is 381 g/mol. The smallest absolute Gasteiger partial charge is 0.446 e. The number of hydrogen-bond donors (Lipinski definition) is 0. The summed E-state index contributed by atoms with van der Waals surface area (Å²) < 4.78 is 42.4. The van der Waals surface area contributed by atoms with Gasteiger partial charge in [0.05, 0.1) is 18.6 Å². The van der Waals surface area contributed by atoms with Gasteiger partial charge in [0.1, 0.15) is 6.07 Å². The van der Waals surface area contributed by atoms with E-state index in [4.69, 9.17) is 10.00 Å². The van der Waals surface area contributed by atoms with Crippen molar-refractivity contribution in [1.29, 1.82) is 5.26 Å². The van der Waals surface area contributed by atoms with Crippen molar-refractivity contribution < 1.29 is 22.7 Å². The molecule has 1 aromatic carbocycles. The lowest BCUT2D eigenvalue weighted by Crippen LogP contribution is -2.10. The molecule has 1 rings (SSSR count). The third kappa shape index (κ3) is 5.59. The lowest BCUT2D eigenvalue weighted by Gasteiger charge is -2.12. The molecule has 0 unspecified atom stereocenters. The second-order valence-corrected chi connectivity index (χ2v) is 5.57. The van der Waals surface area contributed by atoms with E-state index in [0.717, 1.165) is 0 Å². The van der Waals surface area contributed by atoms with Gasteiger partial charge in [-0.15, -0.1) is 0 Å². The Hall–Kier alpha value is -1.20. The van der Waals surface area contributed by atoms with Crippen LogP contribution < -0.4 is 0 Å². The number of benzene rings is 1. The van der Waals surface area contributed by atoms with Crippen molar-refractivity contribution >= 4 is 33.7 Å². The van der Waals surface area contributed by atoms with Gasteiger partial charge in [-0.2, -0.15) is 18.4 Å². The Morgan fingerprint density at radius 3 is 2.62 bits per heavy atom. The summed E-state index contributed by atoms with van der Waals surface area (Å²) in [6.07, 6.45) is -0.233. The standard InChI is InChI=1S/C13H11BrF3NO2S/c1-2-20-12(19)5-9-3-8(6-14)4-11(10(9)7-18)21-13(15,16)17/h3-4H,2,5-6H2,1H3. The predicted molar refractivity (Wildman–Crippen MR) is 76.0 cm³/mol. The van der Waals surface area contributed by atoms with Gasteiger partial charge in [0.25, 0.3) is 0 Å². The molecule has 0 aliphatic carbocycles. The number of carbonyl (C=O) groups excluding carboxylic acids is 1. The minimum Gasteiger partial charge on any atom is -0.466 e. The summed E-state index contributed by atoms with van der Waals surface area (Å²) in [6.45, 7) is 1.80. The zero-order valence-corrected chi connectivity index (χ0v) is 13.4. The highest BCUT2D eigenvalue weighted by Gasteiger charge is 2.31. The molecule has 0 aliphatic rings. The van der Waals surface area contributed by atoms with Crippen molar-refractivity contribution in [1.82, 2.24) is 0 Å². The second kappa shape index (κ2) is 7.71. The summed E-state index contributed by atoms with van der Waals surface area (Å²) >= 11 is 2.80. The number of nitrogens with zero attached hydrogens (tertiary/aromatic N) is 1. The van der Waals surface area contributed by atoms with Crippen molar-refractivity contribution in [3.63, 3.8) is 0 Å². The SMILES string of the molecule is CCOC(=O)Cc1cc(CBr)cc(SC(F)(F)F)c1C#N. The van der Waals surface area contributed by atoms with Gasteiger partial charge in [0.2, 0.25) is 0 Å². The van der Waals surface area contributed by atoms with Crippen molar-refractivity contribution in [3.05, 3.63) is 28.8 Å². The zero-order chi connectivity index (χ0) is 16.0. The van der Waals surface area contributed by atoms with Crippen LogP contribution in [0.4, 0.5) is 13.2 Å². The van der Waals surface area contributed by atoms with E-state index >= 15 is 0 Å². The predicted octanol–water partition coefficient (Wildman–Crippen LogP) is 4.17. The number of alkyl halides is 4. The number of esters is 1. The number of halogens is 4. The van der Waals surface area contributed by atoms with Crippen LogP contribution in [0.2, 0.25) is 0 Å². The van der Waals surface area contributed by atoms with E-state index in [1.54, 1.807) is 13.0 Å². The summed E-state index contributed by atoms with van der Waals surface area (Å²) in [4.78, 5) is 11.3. The first kappa shape index (κ1) is 17.9. The van der Waals surface area contributed by atoms with Gasteiger partial charge < -0.3 is 4.74 Å². The fraction of sp³-hybridized carbons (Fsp3) is 0.385. The molecule has 0 aliphatic heterocycles. The van der Waals surface area contributed by atoms with Gasteiger partial charge in [-0.05, 0) is 35.9 Å². The highest BCUT2D eigenvalue weighted by atomic mass is 79.9. The average Bonchev–Trinajstić information content (AvgIpc) is 2.36. The topological polar surface area (TPSA) is 50.1 Å². The third-order valence-corrected chi connectivity index (χ3v) is 3.80. The van der Waals surface area contributed by atoms with E-state index in [9.17, 15) is 18.0 Å². The minimum atomic E-state index is -4.50. The van der Waals surface area contributed by atoms with Crippen LogP contribution in [0.3, 0.4) is 0 Å². The minimum absolute atomic E-state index is 0.143. The van der Waals surface area contributed by atoms with Crippen molar-refractivity contribution in [3.8, 4) is 6.07 Å². The van der Waals surface area contributed by atoms with Crippen LogP contribution in [-0.4, -0.2) is 18.1 Å². The maximum atomic E-state index is 12.6. The summed E-state index contributed by atoms with van der Waals surface area (Å²) in [7, 11) is 0. The van der Waals surface area contributed by atoms with Crippen LogP contribution in [0.5, 0.6) is 0 Å². The molecule has 0 spiro atoms. The van der Waals surface area contributed by atoms with Gasteiger partial charge in [-0.1, -0.05) is 22.0 Å². The highest BCUT2D eigenvalue weighted by Crippen LogP contribution is 2.40. The molecule has 0 saturated heterocycles. The van der Waals surface area contributed by atoms with Crippen LogP contribution in [0.25, 0.3) is 0 Å². The Kier molecular flexibility index (Phi) is 6.55. The molecule has 3 nitrogen and oxygen atoms in total. The summed E-state index contributed by atoms with van der Waals surface area (Å²) in [5.41, 5.74) is -3.85. The lowest BCUT2D eigenvalue weighted by molar-refractivity contribution is -0.142. The maximum absolute atomic E-state index is 12.6. The summed E-state index contributed by atoms with van der Waals surface area (Å²) in [6, 6.07) is 4.57. The number of nitriles is 1. The van der Waals surface area contributed by atoms with E-state index in [2.05, 4.69) is 15.9 Å². The van der Waals surface area contributed by atoms with Crippen molar-refractivity contribution in [2.24, 2.45) is 0 Å². The fourth-order valence-corrected chi connectivity index (χ4v) is 2.71. The van der Waals surface area contributed by atoms with Crippen molar-refractivity contribution in [2.45, 2.75) is 29.1 Å². The quantitative estimate of drug-likeness (QED) is 0.436. The van der Waals surface area contributed by atoms with Gasteiger partial charge in [-0.3, -0.25) is 4.79 Å². The number of rotatable bonds is 5. The normalized spacial score (nSPS) is 11.0. The fourth-order valence-electron chi connectivity index (χ4n) is 1.65. The Balaban J connectivity index is 3.25. The first-order chi connectivity index (χ1) is 9.80. The van der Waals surface area contributed by atoms with E-state index in [0.29, 0.717) is 10.9 Å². The molecule has 0 amide bonds. The van der Waals surface area contributed by atoms with Gasteiger partial charge >= 0.3 is 11.5 Å². The molecule has 0 saturated carbocycles. The van der Waals surface area contributed by atoms with Crippen LogP contribution >= 0.6 is 27.7 Å². The third-order valence-electron chi connectivity index (χ3n) is 2.38. The number of thioether (sulfide) groups is 1. The summed E-state index contributed by atoms with van der Waals surface area (Å²) in [5, 5.41) is 9.43. The van der Waals surface area contributed by atoms with Crippen LogP contribution in [-0.2, 0) is 21.3 Å². The summed E-state index contributed by atoms with van der Waals surface area (Å²) in [5.74, 6) is -0.580. The number of carbonyl (C=O) groups is 1. The molecule has 0 heterocycles. The zero-order valence-electron chi connectivity index (χ0n) is 11.0. The Bertz CT molecular complexity index is 570. The van der Waals surface area contributed by atoms with E-state index < -0.39 is 11.5 Å². The van der Waals surface area contributed by atoms with Gasteiger partial charge in [0, 0.05) is 10.2 Å². The molecule has 0 fully saturated rings. The number of hydrogen-bond acceptors (Lipinski definition) is 4. The first-order valence-electron chi connectivity index (χ1n) is 5.84. The molecule has 21 heavy (non-hydrogen) atoms. The molecule has 8 heteroatoms. The van der Waals surface area contributed by atoms with Crippen LogP contribution in [0.15, 0.2) is 17.0 Å². The number of ether oxygens (including phenoxy) is 1. The van der Waals surface area contributed by atoms with Crippen LogP contribution in [0, 0.1) is 11.3 Å².